The van der Waals surface area contributed by atoms with Gasteiger partial charge in [-0.2, -0.15) is 0 Å². The van der Waals surface area contributed by atoms with Gasteiger partial charge in [-0.15, -0.1) is 0 Å². The van der Waals surface area contributed by atoms with Crippen LogP contribution in [-0.4, -0.2) is 23.9 Å². The summed E-state index contributed by atoms with van der Waals surface area (Å²) >= 11 is 5.09. The van der Waals surface area contributed by atoms with Gasteiger partial charge >= 0.3 is 6.03 Å². The quantitative estimate of drug-likeness (QED) is 0.407. The number of carbonyl (C=O) groups is 2. The van der Waals surface area contributed by atoms with E-state index >= 15 is 0 Å². The standard InChI is InChI=1S/C6H12ClN3O2/c7-5(11)4(8)2-1-3-10-6(9)12/h4H,1-3,8H2,(H3,9,10,12)/t4-/m0/s1. The maximum absolute atomic E-state index is 10.4. The minimum absolute atomic E-state index is 0.410. The number of halogens is 1. The van der Waals surface area contributed by atoms with Crippen molar-refractivity contribution in [1.29, 1.82) is 0 Å². The summed E-state index contributed by atoms with van der Waals surface area (Å²) in [5, 5.41) is 1.81. The molecule has 5 nitrogen and oxygen atoms in total. The van der Waals surface area contributed by atoms with Crippen LogP contribution in [0.25, 0.3) is 0 Å². The van der Waals surface area contributed by atoms with Gasteiger partial charge in [-0.25, -0.2) is 4.79 Å². The zero-order valence-electron chi connectivity index (χ0n) is 6.55. The summed E-state index contributed by atoms with van der Waals surface area (Å²) in [4.78, 5) is 20.6. The van der Waals surface area contributed by atoms with E-state index in [-0.39, 0.29) is 0 Å². The predicted molar refractivity (Wildman–Crippen MR) is 45.7 cm³/mol. The van der Waals surface area contributed by atoms with E-state index in [4.69, 9.17) is 23.1 Å². The number of rotatable bonds is 5. The van der Waals surface area contributed by atoms with Gasteiger partial charge in [0.2, 0.25) is 5.24 Å². The summed E-state index contributed by atoms with van der Waals surface area (Å²) in [6.07, 6.45) is 1.03. The Morgan fingerprint density at radius 1 is 1.50 bits per heavy atom. The highest BCUT2D eigenvalue weighted by Crippen LogP contribution is 1.97. The summed E-state index contributed by atoms with van der Waals surface area (Å²) in [6.45, 7) is 0.410. The second-order valence-electron chi connectivity index (χ2n) is 2.34. The molecule has 0 fully saturated rings. The normalized spacial score (nSPS) is 12.2. The fraction of sp³-hybridized carbons (Fsp3) is 0.667. The second kappa shape index (κ2) is 5.79. The first-order valence-corrected chi connectivity index (χ1v) is 3.90. The first-order valence-electron chi connectivity index (χ1n) is 3.52. The summed E-state index contributed by atoms with van der Waals surface area (Å²) in [5.41, 5.74) is 10.1. The minimum atomic E-state index is -0.652. The van der Waals surface area contributed by atoms with E-state index in [1.807, 2.05) is 0 Å². The first kappa shape index (κ1) is 11.2. The molecule has 0 rings (SSSR count). The van der Waals surface area contributed by atoms with E-state index in [9.17, 15) is 9.59 Å². The number of urea groups is 1. The smallest absolute Gasteiger partial charge is 0.312 e. The van der Waals surface area contributed by atoms with Crippen LogP contribution in [0.4, 0.5) is 4.79 Å². The molecule has 0 aromatic rings. The van der Waals surface area contributed by atoms with Crippen molar-refractivity contribution in [3.63, 3.8) is 0 Å². The van der Waals surface area contributed by atoms with Gasteiger partial charge in [0, 0.05) is 6.54 Å². The summed E-state index contributed by atoms with van der Waals surface area (Å²) < 4.78 is 0. The molecule has 0 aliphatic rings. The van der Waals surface area contributed by atoms with Crippen molar-refractivity contribution in [3.8, 4) is 0 Å². The van der Waals surface area contributed by atoms with Gasteiger partial charge in [-0.3, -0.25) is 4.79 Å². The molecule has 0 heterocycles. The highest BCUT2D eigenvalue weighted by molar-refractivity contribution is 6.64. The molecular formula is C6H12ClN3O2. The number of hydrogen-bond donors (Lipinski definition) is 3. The summed E-state index contributed by atoms with van der Waals surface area (Å²) in [5.74, 6) is 0. The van der Waals surface area contributed by atoms with E-state index in [1.54, 1.807) is 0 Å². The van der Waals surface area contributed by atoms with Gasteiger partial charge in [-0.1, -0.05) is 0 Å². The molecule has 70 valence electrons. The Bertz CT molecular complexity index is 174. The predicted octanol–water partition coefficient (Wildman–Crippen LogP) is -0.472. The van der Waals surface area contributed by atoms with Crippen molar-refractivity contribution in [2.45, 2.75) is 18.9 Å². The molecule has 5 N–H and O–H groups in total. The lowest BCUT2D eigenvalue weighted by Crippen LogP contribution is -2.32. The van der Waals surface area contributed by atoms with Crippen LogP contribution in [0, 0.1) is 0 Å². The molecule has 0 spiro atoms. The number of primary amides is 1. The maximum Gasteiger partial charge on any atom is 0.312 e. The van der Waals surface area contributed by atoms with E-state index in [0.717, 1.165) is 0 Å². The van der Waals surface area contributed by atoms with Gasteiger partial charge in [0.25, 0.3) is 0 Å². The molecule has 0 aliphatic heterocycles. The van der Waals surface area contributed by atoms with E-state index in [1.165, 1.54) is 0 Å². The molecule has 2 amide bonds. The third kappa shape index (κ3) is 5.94. The molecule has 0 aliphatic carbocycles. The Kier molecular flexibility index (Phi) is 5.40. The van der Waals surface area contributed by atoms with Crippen molar-refractivity contribution in [2.75, 3.05) is 6.54 Å². The van der Waals surface area contributed by atoms with Crippen molar-refractivity contribution >= 4 is 22.9 Å². The Labute approximate surface area is 75.4 Å². The molecule has 0 aromatic carbocycles. The number of nitrogens with two attached hydrogens (primary N) is 2. The molecule has 6 heteroatoms. The average molecular weight is 194 g/mol. The van der Waals surface area contributed by atoms with Gasteiger partial charge < -0.3 is 16.8 Å². The number of carbonyl (C=O) groups excluding carboxylic acids is 2. The van der Waals surface area contributed by atoms with Gasteiger partial charge in [0.1, 0.15) is 0 Å². The zero-order valence-corrected chi connectivity index (χ0v) is 7.30. The van der Waals surface area contributed by atoms with Gasteiger partial charge in [0.05, 0.1) is 6.04 Å². The SMILES string of the molecule is NC(=O)NCCC[C@H](N)C(=O)Cl. The molecule has 0 unspecified atom stereocenters. The molecule has 0 saturated heterocycles. The lowest BCUT2D eigenvalue weighted by atomic mass is 10.2. The fourth-order valence-electron chi connectivity index (χ4n) is 0.647. The van der Waals surface area contributed by atoms with Crippen LogP contribution < -0.4 is 16.8 Å². The Balaban J connectivity index is 3.31. The Morgan fingerprint density at radius 2 is 2.08 bits per heavy atom. The average Bonchev–Trinajstić information content (AvgIpc) is 1.97. The molecule has 1 atom stereocenters. The lowest BCUT2D eigenvalue weighted by Gasteiger charge is -2.05. The maximum atomic E-state index is 10.4. The number of amides is 2. The van der Waals surface area contributed by atoms with Crippen LogP contribution >= 0.6 is 11.6 Å². The first-order chi connectivity index (χ1) is 5.54. The fourth-order valence-corrected chi connectivity index (χ4v) is 0.756. The summed E-state index contributed by atoms with van der Waals surface area (Å²) in [6, 6.07) is -1.23. The number of hydrogen-bond acceptors (Lipinski definition) is 3. The Morgan fingerprint density at radius 3 is 2.50 bits per heavy atom. The van der Waals surface area contributed by atoms with E-state index < -0.39 is 17.3 Å². The number of nitrogens with one attached hydrogen (secondary N) is 1. The highest BCUT2D eigenvalue weighted by Gasteiger charge is 2.08. The largest absolute Gasteiger partial charge is 0.352 e. The van der Waals surface area contributed by atoms with Crippen LogP contribution in [0.15, 0.2) is 0 Å². The zero-order chi connectivity index (χ0) is 9.56. The van der Waals surface area contributed by atoms with Gasteiger partial charge in [0.15, 0.2) is 0 Å². The van der Waals surface area contributed by atoms with Crippen molar-refractivity contribution in [1.82, 2.24) is 5.32 Å². The van der Waals surface area contributed by atoms with Crippen molar-refractivity contribution < 1.29 is 9.59 Å². The third-order valence-electron chi connectivity index (χ3n) is 1.28. The minimum Gasteiger partial charge on any atom is -0.352 e. The molecule has 0 saturated carbocycles. The van der Waals surface area contributed by atoms with Crippen LogP contribution in [0.2, 0.25) is 0 Å². The van der Waals surface area contributed by atoms with Crippen molar-refractivity contribution in [3.05, 3.63) is 0 Å². The topological polar surface area (TPSA) is 98.2 Å². The highest BCUT2D eigenvalue weighted by atomic mass is 35.5. The van der Waals surface area contributed by atoms with Crippen LogP contribution in [0.5, 0.6) is 0 Å². The van der Waals surface area contributed by atoms with E-state index in [2.05, 4.69) is 5.32 Å². The molecule has 12 heavy (non-hydrogen) atoms. The van der Waals surface area contributed by atoms with Crippen LogP contribution in [0.3, 0.4) is 0 Å². The molecule has 0 radical (unpaired) electrons. The molecular weight excluding hydrogens is 182 g/mol. The Hall–Kier alpha value is -0.810. The third-order valence-corrected chi connectivity index (χ3v) is 1.56. The lowest BCUT2D eigenvalue weighted by molar-refractivity contribution is -0.112. The molecule has 0 bridgehead atoms. The summed E-state index contributed by atoms with van der Waals surface area (Å²) in [7, 11) is 0. The molecule has 0 aromatic heterocycles. The van der Waals surface area contributed by atoms with Crippen LogP contribution in [0.1, 0.15) is 12.8 Å². The second-order valence-corrected chi connectivity index (χ2v) is 2.72. The van der Waals surface area contributed by atoms with Crippen molar-refractivity contribution in [2.24, 2.45) is 11.5 Å². The monoisotopic (exact) mass is 193 g/mol. The van der Waals surface area contributed by atoms with E-state index in [0.29, 0.717) is 19.4 Å². The van der Waals surface area contributed by atoms with Crippen LogP contribution in [-0.2, 0) is 4.79 Å². The van der Waals surface area contributed by atoms with Gasteiger partial charge in [-0.05, 0) is 24.4 Å².